The molecule has 1 N–H and O–H groups in total. The normalized spacial score (nSPS) is 15.3. The van der Waals surface area contributed by atoms with Crippen molar-refractivity contribution in [2.45, 2.75) is 25.7 Å². The first kappa shape index (κ1) is 17.3. The van der Waals surface area contributed by atoms with Gasteiger partial charge in [-0.3, -0.25) is 9.59 Å². The molecule has 2 aromatic carbocycles. The van der Waals surface area contributed by atoms with Crippen LogP contribution in [0.5, 0.6) is 5.75 Å². The van der Waals surface area contributed by atoms with E-state index in [1.807, 2.05) is 42.5 Å². The Morgan fingerprint density at radius 3 is 2.56 bits per heavy atom. The van der Waals surface area contributed by atoms with E-state index >= 15 is 0 Å². The van der Waals surface area contributed by atoms with Crippen molar-refractivity contribution in [2.75, 3.05) is 19.7 Å². The van der Waals surface area contributed by atoms with Gasteiger partial charge < -0.3 is 14.7 Å². The zero-order valence-electron chi connectivity index (χ0n) is 14.2. The predicted molar refractivity (Wildman–Crippen MR) is 95.6 cm³/mol. The summed E-state index contributed by atoms with van der Waals surface area (Å²) in [6.45, 7) is 1.57. The summed E-state index contributed by atoms with van der Waals surface area (Å²) >= 11 is 0. The number of carboxylic acid groups (broad SMARTS) is 1. The number of fused-ring (bicyclic) bond motifs is 1. The van der Waals surface area contributed by atoms with Crippen molar-refractivity contribution in [3.05, 3.63) is 42.5 Å². The van der Waals surface area contributed by atoms with E-state index in [0.29, 0.717) is 45.4 Å². The molecular formula is C20H23NO4. The second-order valence-corrected chi connectivity index (χ2v) is 6.42. The van der Waals surface area contributed by atoms with E-state index in [2.05, 4.69) is 0 Å². The van der Waals surface area contributed by atoms with Crippen LogP contribution in [-0.2, 0) is 9.59 Å². The summed E-state index contributed by atoms with van der Waals surface area (Å²) in [6.07, 6.45) is 2.19. The van der Waals surface area contributed by atoms with Crippen molar-refractivity contribution in [1.29, 1.82) is 0 Å². The molecule has 1 aliphatic heterocycles. The molecule has 1 aliphatic rings. The standard InChI is InChI=1S/C20H23NO4/c22-19(21-12-10-16(11-13-21)20(23)24)9-4-14-25-18-8-3-6-15-5-1-2-7-17(15)18/h1-3,5-8,16H,4,9-14H2,(H,23,24). The van der Waals surface area contributed by atoms with Gasteiger partial charge in [0.25, 0.3) is 0 Å². The Labute approximate surface area is 147 Å². The number of aliphatic carboxylic acids is 1. The number of piperidine rings is 1. The van der Waals surface area contributed by atoms with Crippen LogP contribution in [0.4, 0.5) is 0 Å². The molecule has 1 fully saturated rings. The van der Waals surface area contributed by atoms with Crippen molar-refractivity contribution in [3.8, 4) is 5.75 Å². The number of hydrogen-bond acceptors (Lipinski definition) is 3. The molecule has 5 nitrogen and oxygen atoms in total. The van der Waals surface area contributed by atoms with Crippen LogP contribution in [-0.4, -0.2) is 41.6 Å². The highest BCUT2D eigenvalue weighted by Crippen LogP contribution is 2.25. The van der Waals surface area contributed by atoms with Gasteiger partial charge in [0, 0.05) is 24.9 Å². The summed E-state index contributed by atoms with van der Waals surface area (Å²) in [6, 6.07) is 14.0. The SMILES string of the molecule is O=C(O)C1CCN(C(=O)CCCOc2cccc3ccccc23)CC1. The van der Waals surface area contributed by atoms with Gasteiger partial charge in [-0.05, 0) is 30.7 Å². The molecule has 1 amide bonds. The number of carbonyl (C=O) groups is 2. The molecule has 5 heteroatoms. The quantitative estimate of drug-likeness (QED) is 0.819. The highest BCUT2D eigenvalue weighted by molar-refractivity contribution is 5.88. The number of likely N-dealkylation sites (tertiary alicyclic amines) is 1. The number of carbonyl (C=O) groups excluding carboxylic acids is 1. The van der Waals surface area contributed by atoms with Crippen molar-refractivity contribution in [3.63, 3.8) is 0 Å². The van der Waals surface area contributed by atoms with Crippen LogP contribution in [0.1, 0.15) is 25.7 Å². The summed E-state index contributed by atoms with van der Waals surface area (Å²) < 4.78 is 5.86. The molecule has 1 saturated heterocycles. The lowest BCUT2D eigenvalue weighted by atomic mass is 9.97. The number of amides is 1. The van der Waals surface area contributed by atoms with Gasteiger partial charge in [-0.15, -0.1) is 0 Å². The molecule has 2 aromatic rings. The fraction of sp³-hybridized carbons (Fsp3) is 0.400. The Morgan fingerprint density at radius 1 is 1.08 bits per heavy atom. The van der Waals surface area contributed by atoms with Crippen LogP contribution in [0, 0.1) is 5.92 Å². The fourth-order valence-electron chi connectivity index (χ4n) is 3.26. The maximum absolute atomic E-state index is 12.2. The predicted octanol–water partition coefficient (Wildman–Crippen LogP) is 3.32. The minimum atomic E-state index is -0.754. The number of carboxylic acids is 1. The van der Waals surface area contributed by atoms with E-state index in [0.717, 1.165) is 16.5 Å². The number of hydrogen-bond donors (Lipinski definition) is 1. The second kappa shape index (κ2) is 8.01. The first-order valence-corrected chi connectivity index (χ1v) is 8.76. The van der Waals surface area contributed by atoms with Crippen LogP contribution in [0.15, 0.2) is 42.5 Å². The molecule has 0 aromatic heterocycles. The van der Waals surface area contributed by atoms with E-state index in [-0.39, 0.29) is 11.8 Å². The molecule has 0 spiro atoms. The number of benzene rings is 2. The molecule has 0 unspecified atom stereocenters. The van der Waals surface area contributed by atoms with Crippen molar-refractivity contribution in [2.24, 2.45) is 5.92 Å². The Hall–Kier alpha value is -2.56. The van der Waals surface area contributed by atoms with Gasteiger partial charge in [0.2, 0.25) is 5.91 Å². The first-order chi connectivity index (χ1) is 12.1. The smallest absolute Gasteiger partial charge is 0.306 e. The average molecular weight is 341 g/mol. The fourth-order valence-corrected chi connectivity index (χ4v) is 3.26. The number of ether oxygens (including phenoxy) is 1. The lowest BCUT2D eigenvalue weighted by Crippen LogP contribution is -2.40. The van der Waals surface area contributed by atoms with Crippen molar-refractivity contribution < 1.29 is 19.4 Å². The average Bonchev–Trinajstić information content (AvgIpc) is 2.65. The van der Waals surface area contributed by atoms with Gasteiger partial charge in [0.05, 0.1) is 12.5 Å². The summed E-state index contributed by atoms with van der Waals surface area (Å²) in [4.78, 5) is 24.9. The van der Waals surface area contributed by atoms with E-state index in [4.69, 9.17) is 9.84 Å². The van der Waals surface area contributed by atoms with Crippen molar-refractivity contribution in [1.82, 2.24) is 4.90 Å². The summed E-state index contributed by atoms with van der Waals surface area (Å²) in [5, 5.41) is 11.2. The van der Waals surface area contributed by atoms with Crippen molar-refractivity contribution >= 4 is 22.6 Å². The monoisotopic (exact) mass is 341 g/mol. The maximum atomic E-state index is 12.2. The summed E-state index contributed by atoms with van der Waals surface area (Å²) in [7, 11) is 0. The Balaban J connectivity index is 1.44. The van der Waals surface area contributed by atoms with Crippen LogP contribution < -0.4 is 4.74 Å². The van der Waals surface area contributed by atoms with Crippen LogP contribution in [0.2, 0.25) is 0 Å². The van der Waals surface area contributed by atoms with Gasteiger partial charge in [0.15, 0.2) is 0 Å². The Morgan fingerprint density at radius 2 is 1.80 bits per heavy atom. The van der Waals surface area contributed by atoms with E-state index in [1.165, 1.54) is 0 Å². The van der Waals surface area contributed by atoms with E-state index in [1.54, 1.807) is 4.90 Å². The molecule has 132 valence electrons. The Kier molecular flexibility index (Phi) is 5.53. The molecule has 3 rings (SSSR count). The summed E-state index contributed by atoms with van der Waals surface area (Å²) in [5.41, 5.74) is 0. The van der Waals surface area contributed by atoms with E-state index < -0.39 is 5.97 Å². The Bertz CT molecular complexity index is 745. The van der Waals surface area contributed by atoms with Gasteiger partial charge in [-0.25, -0.2) is 0 Å². The van der Waals surface area contributed by atoms with Crippen LogP contribution >= 0.6 is 0 Å². The van der Waals surface area contributed by atoms with E-state index in [9.17, 15) is 9.59 Å². The zero-order valence-corrected chi connectivity index (χ0v) is 14.2. The highest BCUT2D eigenvalue weighted by atomic mass is 16.5. The largest absolute Gasteiger partial charge is 0.493 e. The van der Waals surface area contributed by atoms with Gasteiger partial charge in [-0.1, -0.05) is 36.4 Å². The second-order valence-electron chi connectivity index (χ2n) is 6.42. The molecular weight excluding hydrogens is 318 g/mol. The lowest BCUT2D eigenvalue weighted by molar-refractivity contribution is -0.145. The van der Waals surface area contributed by atoms with Crippen LogP contribution in [0.25, 0.3) is 10.8 Å². The highest BCUT2D eigenvalue weighted by Gasteiger charge is 2.26. The first-order valence-electron chi connectivity index (χ1n) is 8.76. The minimum absolute atomic E-state index is 0.0883. The molecule has 1 heterocycles. The molecule has 0 aliphatic carbocycles. The minimum Gasteiger partial charge on any atom is -0.493 e. The molecule has 25 heavy (non-hydrogen) atoms. The summed E-state index contributed by atoms with van der Waals surface area (Å²) in [5.74, 6) is -0.132. The molecule has 0 bridgehead atoms. The van der Waals surface area contributed by atoms with Gasteiger partial charge in [-0.2, -0.15) is 0 Å². The molecule has 0 radical (unpaired) electrons. The third-order valence-corrected chi connectivity index (χ3v) is 4.74. The van der Waals surface area contributed by atoms with Gasteiger partial charge >= 0.3 is 5.97 Å². The number of rotatable bonds is 6. The lowest BCUT2D eigenvalue weighted by Gasteiger charge is -2.30. The maximum Gasteiger partial charge on any atom is 0.306 e. The van der Waals surface area contributed by atoms with Crippen LogP contribution in [0.3, 0.4) is 0 Å². The topological polar surface area (TPSA) is 66.8 Å². The van der Waals surface area contributed by atoms with Gasteiger partial charge in [0.1, 0.15) is 5.75 Å². The number of nitrogens with zero attached hydrogens (tertiary/aromatic N) is 1. The molecule has 0 saturated carbocycles. The zero-order chi connectivity index (χ0) is 17.6. The third-order valence-electron chi connectivity index (χ3n) is 4.74. The third kappa shape index (κ3) is 4.29. The molecule has 0 atom stereocenters.